The molecule has 94 valence electrons. The van der Waals surface area contributed by atoms with Crippen LogP contribution in [0.25, 0.3) is 0 Å². The Morgan fingerprint density at radius 3 is 2.94 bits per heavy atom. The lowest BCUT2D eigenvalue weighted by molar-refractivity contribution is 0.670. The highest BCUT2D eigenvalue weighted by atomic mass is 79.9. The summed E-state index contributed by atoms with van der Waals surface area (Å²) in [7, 11) is 0. The number of pyridine rings is 1. The molecular formula is C11H17BrN4O. The summed E-state index contributed by atoms with van der Waals surface area (Å²) in [6, 6.07) is 3.49. The van der Waals surface area contributed by atoms with Gasteiger partial charge in [-0.25, -0.2) is 0 Å². The van der Waals surface area contributed by atoms with Crippen molar-refractivity contribution in [2.24, 2.45) is 10.7 Å². The molecule has 0 unspecified atom stereocenters. The lowest BCUT2D eigenvalue weighted by Gasteiger charge is -2.09. The summed E-state index contributed by atoms with van der Waals surface area (Å²) in [5.41, 5.74) is 5.61. The highest BCUT2D eigenvalue weighted by Crippen LogP contribution is 2.04. The number of hydrogen-bond donors (Lipinski definition) is 2. The SMILES string of the molecule is CC(C)NC(N)=NCCn1cc(Br)ccc1=O. The molecule has 0 fully saturated rings. The van der Waals surface area contributed by atoms with Gasteiger partial charge in [-0.3, -0.25) is 9.79 Å². The number of nitrogens with one attached hydrogen (secondary N) is 1. The third kappa shape index (κ3) is 5.04. The van der Waals surface area contributed by atoms with Crippen LogP contribution in [0, 0.1) is 0 Å². The second kappa shape index (κ2) is 6.44. The van der Waals surface area contributed by atoms with E-state index in [9.17, 15) is 4.79 Å². The number of rotatable bonds is 4. The minimum absolute atomic E-state index is 0.0428. The van der Waals surface area contributed by atoms with Crippen LogP contribution in [0.3, 0.4) is 0 Å². The summed E-state index contributed by atoms with van der Waals surface area (Å²) in [5, 5.41) is 2.99. The zero-order valence-corrected chi connectivity index (χ0v) is 11.6. The molecule has 0 aromatic carbocycles. The van der Waals surface area contributed by atoms with E-state index in [2.05, 4.69) is 26.2 Å². The maximum absolute atomic E-state index is 11.5. The molecule has 0 saturated heterocycles. The molecule has 1 aromatic rings. The minimum atomic E-state index is -0.0428. The molecule has 17 heavy (non-hydrogen) atoms. The van der Waals surface area contributed by atoms with Crippen molar-refractivity contribution < 1.29 is 0 Å². The summed E-state index contributed by atoms with van der Waals surface area (Å²) in [6.07, 6.45) is 1.74. The third-order valence-corrected chi connectivity index (χ3v) is 2.48. The third-order valence-electron chi connectivity index (χ3n) is 2.01. The second-order valence-electron chi connectivity index (χ2n) is 3.94. The molecule has 1 rings (SSSR count). The van der Waals surface area contributed by atoms with Crippen LogP contribution in [0.15, 0.2) is 32.6 Å². The molecule has 0 spiro atoms. The Balaban J connectivity index is 2.56. The van der Waals surface area contributed by atoms with Crippen molar-refractivity contribution in [3.05, 3.63) is 33.2 Å². The molecule has 0 amide bonds. The average Bonchev–Trinajstić information content (AvgIpc) is 2.22. The number of hydrogen-bond acceptors (Lipinski definition) is 2. The lowest BCUT2D eigenvalue weighted by atomic mass is 10.4. The Bertz CT molecular complexity index is 453. The van der Waals surface area contributed by atoms with Crippen molar-refractivity contribution in [2.45, 2.75) is 26.4 Å². The Kier molecular flexibility index (Phi) is 5.21. The van der Waals surface area contributed by atoms with E-state index in [1.54, 1.807) is 16.8 Å². The van der Waals surface area contributed by atoms with Crippen LogP contribution in [0.5, 0.6) is 0 Å². The summed E-state index contributed by atoms with van der Waals surface area (Å²) in [6.45, 7) is 4.96. The molecule has 0 atom stereocenters. The van der Waals surface area contributed by atoms with Gasteiger partial charge in [0.2, 0.25) is 0 Å². The first-order valence-corrected chi connectivity index (χ1v) is 6.21. The van der Waals surface area contributed by atoms with E-state index in [1.807, 2.05) is 13.8 Å². The number of halogens is 1. The molecule has 1 aromatic heterocycles. The van der Waals surface area contributed by atoms with E-state index in [1.165, 1.54) is 6.07 Å². The summed E-state index contributed by atoms with van der Waals surface area (Å²) in [4.78, 5) is 15.6. The quantitative estimate of drug-likeness (QED) is 0.642. The van der Waals surface area contributed by atoms with Crippen LogP contribution in [0.1, 0.15) is 13.8 Å². The molecule has 0 aliphatic rings. The smallest absolute Gasteiger partial charge is 0.250 e. The largest absolute Gasteiger partial charge is 0.370 e. The van der Waals surface area contributed by atoms with Crippen LogP contribution < -0.4 is 16.6 Å². The molecule has 5 nitrogen and oxygen atoms in total. The molecule has 0 aliphatic heterocycles. The van der Waals surface area contributed by atoms with Crippen molar-refractivity contribution in [3.63, 3.8) is 0 Å². The van der Waals surface area contributed by atoms with Crippen molar-refractivity contribution >= 4 is 21.9 Å². The van der Waals surface area contributed by atoms with Crippen LogP contribution in [-0.2, 0) is 6.54 Å². The number of aliphatic imine (C=N–C) groups is 1. The molecule has 3 N–H and O–H groups in total. The number of aromatic nitrogens is 1. The van der Waals surface area contributed by atoms with E-state index in [0.29, 0.717) is 19.0 Å². The summed E-state index contributed by atoms with van der Waals surface area (Å²) >= 11 is 3.32. The molecule has 6 heteroatoms. The first-order valence-electron chi connectivity index (χ1n) is 5.41. The van der Waals surface area contributed by atoms with Gasteiger partial charge in [-0.2, -0.15) is 0 Å². The number of nitrogens with two attached hydrogens (primary N) is 1. The van der Waals surface area contributed by atoms with Crippen LogP contribution in [0.4, 0.5) is 0 Å². The molecule has 0 saturated carbocycles. The molecular weight excluding hydrogens is 284 g/mol. The van der Waals surface area contributed by atoms with Gasteiger partial charge in [0.15, 0.2) is 5.96 Å². The maximum Gasteiger partial charge on any atom is 0.250 e. The van der Waals surface area contributed by atoms with Gasteiger partial charge in [0.25, 0.3) is 5.56 Å². The number of guanidine groups is 1. The first kappa shape index (κ1) is 13.8. The zero-order valence-electron chi connectivity index (χ0n) is 9.98. The van der Waals surface area contributed by atoms with Crippen LogP contribution in [-0.4, -0.2) is 23.1 Å². The fraction of sp³-hybridized carbons (Fsp3) is 0.455. The lowest BCUT2D eigenvalue weighted by Crippen LogP contribution is -2.37. The minimum Gasteiger partial charge on any atom is -0.370 e. The Morgan fingerprint density at radius 2 is 2.29 bits per heavy atom. The van der Waals surface area contributed by atoms with Gasteiger partial charge >= 0.3 is 0 Å². The fourth-order valence-electron chi connectivity index (χ4n) is 1.30. The monoisotopic (exact) mass is 300 g/mol. The van der Waals surface area contributed by atoms with Gasteiger partial charge in [0.05, 0.1) is 6.54 Å². The Hall–Kier alpha value is -1.30. The predicted molar refractivity (Wildman–Crippen MR) is 73.2 cm³/mol. The van der Waals surface area contributed by atoms with Gasteiger partial charge < -0.3 is 15.6 Å². The van der Waals surface area contributed by atoms with Crippen molar-refractivity contribution in [3.8, 4) is 0 Å². The maximum atomic E-state index is 11.5. The summed E-state index contributed by atoms with van der Waals surface area (Å²) < 4.78 is 2.46. The topological polar surface area (TPSA) is 72.4 Å². The van der Waals surface area contributed by atoms with E-state index < -0.39 is 0 Å². The Labute approximate surface area is 109 Å². The van der Waals surface area contributed by atoms with E-state index in [-0.39, 0.29) is 11.6 Å². The highest BCUT2D eigenvalue weighted by Gasteiger charge is 1.97. The van der Waals surface area contributed by atoms with Gasteiger partial charge in [-0.1, -0.05) is 0 Å². The Morgan fingerprint density at radius 1 is 1.59 bits per heavy atom. The van der Waals surface area contributed by atoms with Crippen LogP contribution >= 0.6 is 15.9 Å². The van der Waals surface area contributed by atoms with Crippen molar-refractivity contribution in [1.29, 1.82) is 0 Å². The zero-order chi connectivity index (χ0) is 12.8. The van der Waals surface area contributed by atoms with E-state index in [0.717, 1.165) is 4.47 Å². The molecule has 0 radical (unpaired) electrons. The molecule has 0 aliphatic carbocycles. The highest BCUT2D eigenvalue weighted by molar-refractivity contribution is 9.10. The fourth-order valence-corrected chi connectivity index (χ4v) is 1.68. The first-order chi connectivity index (χ1) is 7.99. The summed E-state index contributed by atoms with van der Waals surface area (Å²) in [5.74, 6) is 0.406. The number of nitrogens with zero attached hydrogens (tertiary/aromatic N) is 2. The molecule has 0 bridgehead atoms. The average molecular weight is 301 g/mol. The van der Waals surface area contributed by atoms with E-state index >= 15 is 0 Å². The van der Waals surface area contributed by atoms with Crippen molar-refractivity contribution in [2.75, 3.05) is 6.54 Å². The van der Waals surface area contributed by atoms with Gasteiger partial charge in [0, 0.05) is 29.3 Å². The van der Waals surface area contributed by atoms with Crippen molar-refractivity contribution in [1.82, 2.24) is 9.88 Å². The van der Waals surface area contributed by atoms with Gasteiger partial charge in [0.1, 0.15) is 0 Å². The second-order valence-corrected chi connectivity index (χ2v) is 4.86. The molecule has 1 heterocycles. The van der Waals surface area contributed by atoms with Gasteiger partial charge in [-0.15, -0.1) is 0 Å². The van der Waals surface area contributed by atoms with Gasteiger partial charge in [-0.05, 0) is 35.8 Å². The van der Waals surface area contributed by atoms with Crippen LogP contribution in [0.2, 0.25) is 0 Å². The van der Waals surface area contributed by atoms with E-state index in [4.69, 9.17) is 5.73 Å². The predicted octanol–water partition coefficient (Wildman–Crippen LogP) is 0.924. The standard InChI is InChI=1S/C11H17BrN4O/c1-8(2)15-11(13)14-5-6-16-7-9(12)3-4-10(16)17/h3-4,7-8H,5-6H2,1-2H3,(H3,13,14,15). The normalized spacial score (nSPS) is 11.9.